The summed E-state index contributed by atoms with van der Waals surface area (Å²) in [6.07, 6.45) is 2.93. The van der Waals surface area contributed by atoms with Crippen LogP contribution in [0.4, 0.5) is 0 Å². The summed E-state index contributed by atoms with van der Waals surface area (Å²) in [4.78, 5) is 13.3. The molecule has 0 spiro atoms. The second-order valence-corrected chi connectivity index (χ2v) is 8.19. The van der Waals surface area contributed by atoms with E-state index in [1.165, 1.54) is 0 Å². The number of benzene rings is 1. The Kier molecular flexibility index (Phi) is 9.31. The van der Waals surface area contributed by atoms with Crippen LogP contribution < -0.4 is 20.8 Å². The van der Waals surface area contributed by atoms with Crippen LogP contribution in [0, 0.1) is 5.41 Å². The third-order valence-electron chi connectivity index (χ3n) is 4.34. The molecule has 2 aromatic rings. The van der Waals surface area contributed by atoms with Gasteiger partial charge in [-0.05, 0) is 36.5 Å². The molecule has 0 saturated heterocycles. The van der Waals surface area contributed by atoms with Crippen molar-refractivity contribution in [2.45, 2.75) is 67.0 Å². The first kappa shape index (κ1) is 24.3. The number of aromatic nitrogens is 1. The number of hydrogen-bond acceptors (Lipinski definition) is 4. The fourth-order valence-electron chi connectivity index (χ4n) is 3.08. The second kappa shape index (κ2) is 10.7. The van der Waals surface area contributed by atoms with Gasteiger partial charge in [0.15, 0.2) is 0 Å². The predicted octanol–water partition coefficient (Wildman–Crippen LogP) is 4.90. The molecule has 0 saturated carbocycles. The maximum Gasteiger partial charge on any atom is 0.259 e. The summed E-state index contributed by atoms with van der Waals surface area (Å²) < 4.78 is 13.7. The van der Waals surface area contributed by atoms with Gasteiger partial charge in [0.2, 0.25) is 0 Å². The van der Waals surface area contributed by atoms with Crippen molar-refractivity contribution in [3.63, 3.8) is 0 Å². The van der Waals surface area contributed by atoms with Crippen molar-refractivity contribution < 1.29 is 9.47 Å². The first-order chi connectivity index (χ1) is 12.8. The largest absolute Gasteiger partial charge is 0.494 e. The molecule has 28 heavy (non-hydrogen) atoms. The minimum atomic E-state index is -0.0571. The normalized spacial score (nSPS) is 11.4. The molecule has 1 aromatic carbocycles. The van der Waals surface area contributed by atoms with Crippen molar-refractivity contribution in [1.29, 1.82) is 0 Å². The molecule has 1 heterocycles. The summed E-state index contributed by atoms with van der Waals surface area (Å²) in [5.74, 6) is 1.44. The Balaban J connectivity index is 0.00000392. The number of rotatable bonds is 9. The van der Waals surface area contributed by atoms with Crippen molar-refractivity contribution in [3.8, 4) is 11.5 Å². The summed E-state index contributed by atoms with van der Waals surface area (Å²) >= 11 is 0. The zero-order valence-electron chi connectivity index (χ0n) is 17.8. The van der Waals surface area contributed by atoms with Crippen LogP contribution in [0.5, 0.6) is 11.5 Å². The highest BCUT2D eigenvalue weighted by molar-refractivity contribution is 5.89. The lowest BCUT2D eigenvalue weighted by Gasteiger charge is -2.25. The molecule has 0 radical (unpaired) electrons. The van der Waals surface area contributed by atoms with Gasteiger partial charge in [0.25, 0.3) is 5.56 Å². The Morgan fingerprint density at radius 2 is 1.75 bits per heavy atom. The maximum absolute atomic E-state index is 13.3. The first-order valence-electron chi connectivity index (χ1n) is 9.97. The number of ether oxygens (including phenoxy) is 2. The van der Waals surface area contributed by atoms with Gasteiger partial charge in [0.1, 0.15) is 11.5 Å². The number of fused-ring (bicyclic) bond motifs is 1. The van der Waals surface area contributed by atoms with Crippen molar-refractivity contribution in [3.05, 3.63) is 34.2 Å². The Labute approximate surface area is 174 Å². The van der Waals surface area contributed by atoms with E-state index in [4.69, 9.17) is 15.2 Å². The summed E-state index contributed by atoms with van der Waals surface area (Å²) in [5, 5.41) is 1.43. The number of pyridine rings is 1. The highest BCUT2D eigenvalue weighted by Crippen LogP contribution is 2.32. The third-order valence-corrected chi connectivity index (χ3v) is 4.34. The molecule has 2 rings (SSSR count). The lowest BCUT2D eigenvalue weighted by Crippen LogP contribution is -2.31. The Morgan fingerprint density at radius 3 is 2.32 bits per heavy atom. The minimum absolute atomic E-state index is 0. The quantitative estimate of drug-likeness (QED) is 0.597. The summed E-state index contributed by atoms with van der Waals surface area (Å²) in [7, 11) is 0. The van der Waals surface area contributed by atoms with Gasteiger partial charge < -0.3 is 19.8 Å². The third kappa shape index (κ3) is 5.89. The topological polar surface area (TPSA) is 66.5 Å². The summed E-state index contributed by atoms with van der Waals surface area (Å²) in [6, 6.07) is 5.65. The van der Waals surface area contributed by atoms with E-state index in [1.54, 1.807) is 4.57 Å². The highest BCUT2D eigenvalue weighted by Gasteiger charge is 2.21. The number of nitrogens with two attached hydrogens (primary N) is 1. The fraction of sp³-hybridized carbons (Fsp3) is 0.591. The SMILES string of the molecule is CCCCOc1c(CN)n(CC(C)(C)C)c(=O)c2cc(OCCC)ccc12.Cl. The van der Waals surface area contributed by atoms with E-state index >= 15 is 0 Å². The first-order valence-corrected chi connectivity index (χ1v) is 9.97. The molecule has 1 aromatic heterocycles. The molecule has 2 N–H and O–H groups in total. The maximum atomic E-state index is 13.3. The van der Waals surface area contributed by atoms with Crippen LogP contribution in [0.25, 0.3) is 10.8 Å². The van der Waals surface area contributed by atoms with Gasteiger partial charge >= 0.3 is 0 Å². The molecule has 0 amide bonds. The molecule has 158 valence electrons. The smallest absolute Gasteiger partial charge is 0.259 e. The van der Waals surface area contributed by atoms with Crippen LogP contribution in [0.1, 0.15) is 59.6 Å². The van der Waals surface area contributed by atoms with Crippen LogP contribution in [0.15, 0.2) is 23.0 Å². The highest BCUT2D eigenvalue weighted by atomic mass is 35.5. The van der Waals surface area contributed by atoms with Gasteiger partial charge in [0.05, 0.1) is 24.3 Å². The molecule has 0 aliphatic carbocycles. The molecule has 0 aliphatic rings. The van der Waals surface area contributed by atoms with E-state index in [0.717, 1.165) is 36.1 Å². The number of unbranched alkanes of at least 4 members (excludes halogenated alkanes) is 1. The zero-order valence-corrected chi connectivity index (χ0v) is 18.7. The molecule has 6 heteroatoms. The van der Waals surface area contributed by atoms with E-state index < -0.39 is 0 Å². The lowest BCUT2D eigenvalue weighted by atomic mass is 9.96. The van der Waals surface area contributed by atoms with Gasteiger partial charge in [-0.25, -0.2) is 0 Å². The van der Waals surface area contributed by atoms with Gasteiger partial charge in [-0.15, -0.1) is 12.4 Å². The van der Waals surface area contributed by atoms with Crippen molar-refractivity contribution in [2.24, 2.45) is 11.1 Å². The molecule has 5 nitrogen and oxygen atoms in total. The standard InChI is InChI=1S/C22H34N2O3.ClH/c1-6-8-12-27-20-17-10-9-16(26-11-7-2)13-18(17)21(25)24(19(20)14-23)15-22(3,4)5;/h9-10,13H,6-8,11-12,14-15,23H2,1-5H3;1H. The van der Waals surface area contributed by atoms with E-state index in [0.29, 0.717) is 30.9 Å². The van der Waals surface area contributed by atoms with Crippen LogP contribution >= 0.6 is 12.4 Å². The van der Waals surface area contributed by atoms with Gasteiger partial charge in [0, 0.05) is 18.5 Å². The van der Waals surface area contributed by atoms with Crippen LogP contribution in [-0.4, -0.2) is 17.8 Å². The van der Waals surface area contributed by atoms with Gasteiger partial charge in [-0.1, -0.05) is 41.0 Å². The Morgan fingerprint density at radius 1 is 1.04 bits per heavy atom. The average molecular weight is 411 g/mol. The van der Waals surface area contributed by atoms with Crippen LogP contribution in [0.2, 0.25) is 0 Å². The van der Waals surface area contributed by atoms with Crippen molar-refractivity contribution in [1.82, 2.24) is 4.57 Å². The molecule has 0 bridgehead atoms. The van der Waals surface area contributed by atoms with E-state index in [2.05, 4.69) is 34.6 Å². The van der Waals surface area contributed by atoms with Crippen LogP contribution in [-0.2, 0) is 13.1 Å². The Hall–Kier alpha value is -1.72. The van der Waals surface area contributed by atoms with E-state index in [1.807, 2.05) is 18.2 Å². The van der Waals surface area contributed by atoms with E-state index in [-0.39, 0.29) is 29.9 Å². The molecule has 0 atom stereocenters. The van der Waals surface area contributed by atoms with Crippen molar-refractivity contribution in [2.75, 3.05) is 13.2 Å². The molecule has 0 aliphatic heterocycles. The molecule has 0 fully saturated rings. The monoisotopic (exact) mass is 410 g/mol. The summed E-state index contributed by atoms with van der Waals surface area (Å²) in [6.45, 7) is 12.6. The van der Waals surface area contributed by atoms with Gasteiger partial charge in [-0.3, -0.25) is 4.79 Å². The fourth-order valence-corrected chi connectivity index (χ4v) is 3.08. The average Bonchev–Trinajstić information content (AvgIpc) is 2.62. The minimum Gasteiger partial charge on any atom is -0.494 e. The predicted molar refractivity (Wildman–Crippen MR) is 119 cm³/mol. The van der Waals surface area contributed by atoms with E-state index in [9.17, 15) is 4.79 Å². The Bertz CT molecular complexity index is 825. The lowest BCUT2D eigenvalue weighted by molar-refractivity contribution is 0.295. The summed E-state index contributed by atoms with van der Waals surface area (Å²) in [5.41, 5.74) is 6.74. The second-order valence-electron chi connectivity index (χ2n) is 8.19. The van der Waals surface area contributed by atoms with Crippen molar-refractivity contribution >= 4 is 23.2 Å². The van der Waals surface area contributed by atoms with Gasteiger partial charge in [-0.2, -0.15) is 0 Å². The number of nitrogens with zero attached hydrogens (tertiary/aromatic N) is 1. The number of hydrogen-bond donors (Lipinski definition) is 1. The number of halogens is 1. The molecular formula is C22H35ClN2O3. The van der Waals surface area contributed by atoms with Crippen LogP contribution in [0.3, 0.4) is 0 Å². The molecular weight excluding hydrogens is 376 g/mol. The molecule has 0 unspecified atom stereocenters. The zero-order chi connectivity index (χ0) is 20.0.